The average Bonchev–Trinajstić information content (AvgIpc) is 3.05. The van der Waals surface area contributed by atoms with E-state index in [-0.39, 0.29) is 89.4 Å². The lowest BCUT2D eigenvalue weighted by molar-refractivity contribution is -0.163. The highest BCUT2D eigenvalue weighted by Gasteiger charge is 2.37. The molecule has 0 fully saturated rings. The third-order valence-corrected chi connectivity index (χ3v) is 6.40. The number of aliphatic hydroxyl groups is 8. The third kappa shape index (κ3) is 20.4. The van der Waals surface area contributed by atoms with Crippen LogP contribution in [0, 0.1) is 16.2 Å². The van der Waals surface area contributed by atoms with E-state index >= 15 is 0 Å². The Hall–Kier alpha value is -2.73. The normalized spacial score (nSPS) is 11.9. The van der Waals surface area contributed by atoms with E-state index < -0.39 is 46.9 Å². The van der Waals surface area contributed by atoms with Crippen molar-refractivity contribution in [2.24, 2.45) is 16.2 Å². The molecule has 15 nitrogen and oxygen atoms in total. The van der Waals surface area contributed by atoms with Gasteiger partial charge < -0.3 is 59.8 Å². The molecular formula is C31H56O15. The van der Waals surface area contributed by atoms with E-state index in [0.29, 0.717) is 6.42 Å². The topological polar surface area (TPSA) is 250 Å². The molecule has 0 spiro atoms. The van der Waals surface area contributed by atoms with Gasteiger partial charge in [0, 0.05) is 27.5 Å². The largest absolute Gasteiger partial charge is 0.461 e. The monoisotopic (exact) mass is 668 g/mol. The number of aliphatic hydroxyl groups excluding tert-OH is 8. The molecule has 0 aliphatic heterocycles. The molecule has 0 saturated carbocycles. The standard InChI is InChI=1S/C20H30O9.C6H14O3.C5H12O3/c1-13(2)17(23)27-10-20(9-26-8-16(22)7-21,11-28-18(24)14(3)4)12-29-19(25)15(5)6;1-2-6(3-7,4-8)5-9;1-5(2-6,3-7)4-8/h16,21-22H,1,3,5,7-12H2,2,4,6H3;7-9H,2-5H2,1H3;6-8H,2-4H2,1H3. The van der Waals surface area contributed by atoms with Gasteiger partial charge in [0.15, 0.2) is 0 Å². The van der Waals surface area contributed by atoms with Gasteiger partial charge in [-0.15, -0.1) is 0 Å². The van der Waals surface area contributed by atoms with Gasteiger partial charge >= 0.3 is 17.9 Å². The third-order valence-electron chi connectivity index (χ3n) is 6.40. The lowest BCUT2D eigenvalue weighted by atomic mass is 9.88. The summed E-state index contributed by atoms with van der Waals surface area (Å²) in [5.41, 5.74) is -2.22. The van der Waals surface area contributed by atoms with E-state index in [0.717, 1.165) is 0 Å². The molecule has 0 amide bonds. The van der Waals surface area contributed by atoms with Crippen LogP contribution >= 0.6 is 0 Å². The fraction of sp³-hybridized carbons (Fsp3) is 0.710. The van der Waals surface area contributed by atoms with Crippen LogP contribution in [-0.2, 0) is 33.3 Å². The molecule has 0 radical (unpaired) electrons. The van der Waals surface area contributed by atoms with Gasteiger partial charge in [-0.2, -0.15) is 0 Å². The molecule has 1 unspecified atom stereocenters. The highest BCUT2D eigenvalue weighted by molar-refractivity contribution is 5.88. The van der Waals surface area contributed by atoms with Crippen LogP contribution in [0.1, 0.15) is 41.0 Å². The smallest absolute Gasteiger partial charge is 0.333 e. The van der Waals surface area contributed by atoms with Crippen LogP contribution in [0.5, 0.6) is 0 Å². The first-order valence-corrected chi connectivity index (χ1v) is 14.4. The Labute approximate surface area is 271 Å². The van der Waals surface area contributed by atoms with Crippen molar-refractivity contribution in [2.75, 3.05) is 79.3 Å². The van der Waals surface area contributed by atoms with E-state index in [1.54, 1.807) is 6.92 Å². The maximum absolute atomic E-state index is 11.8. The summed E-state index contributed by atoms with van der Waals surface area (Å²) in [6.45, 7) is 15.3. The van der Waals surface area contributed by atoms with E-state index in [1.165, 1.54) is 20.8 Å². The summed E-state index contributed by atoms with van der Waals surface area (Å²) in [4.78, 5) is 35.5. The molecule has 0 aliphatic carbocycles. The minimum Gasteiger partial charge on any atom is -0.461 e. The van der Waals surface area contributed by atoms with Crippen molar-refractivity contribution in [3.05, 3.63) is 36.5 Å². The predicted molar refractivity (Wildman–Crippen MR) is 167 cm³/mol. The summed E-state index contributed by atoms with van der Waals surface area (Å²) in [5, 5.41) is 69.7. The number of rotatable bonds is 21. The number of hydrogen-bond acceptors (Lipinski definition) is 15. The summed E-state index contributed by atoms with van der Waals surface area (Å²) in [6.07, 6.45) is -0.544. The minimum absolute atomic E-state index is 0.147. The quantitative estimate of drug-likeness (QED) is 0.0416. The van der Waals surface area contributed by atoms with Crippen molar-refractivity contribution < 1.29 is 74.2 Å². The van der Waals surface area contributed by atoms with Gasteiger partial charge in [0.2, 0.25) is 0 Å². The number of hydrogen-bond donors (Lipinski definition) is 8. The van der Waals surface area contributed by atoms with Crippen molar-refractivity contribution in [2.45, 2.75) is 47.1 Å². The molecule has 15 heteroatoms. The molecule has 0 bridgehead atoms. The fourth-order valence-corrected chi connectivity index (χ4v) is 2.38. The Kier molecular flexibility index (Phi) is 26.3. The minimum atomic E-state index is -1.28. The Morgan fingerprint density at radius 2 is 0.935 bits per heavy atom. The molecule has 0 aromatic carbocycles. The Balaban J connectivity index is -0.000000880. The van der Waals surface area contributed by atoms with Crippen LogP contribution in [0.15, 0.2) is 36.5 Å². The lowest BCUT2D eigenvalue weighted by Crippen LogP contribution is -2.44. The molecule has 0 saturated heterocycles. The summed E-state index contributed by atoms with van der Waals surface area (Å²) < 4.78 is 20.9. The SMILES string of the molecule is C=C(C)C(=O)OCC(COCC(O)CO)(COC(=O)C(=C)C)COC(=O)C(=C)C.CC(CO)(CO)CO.CCC(CO)(CO)CO. The van der Waals surface area contributed by atoms with Gasteiger partial charge in [0.25, 0.3) is 0 Å². The summed E-state index contributed by atoms with van der Waals surface area (Å²) in [6, 6.07) is 0. The highest BCUT2D eigenvalue weighted by Crippen LogP contribution is 2.23. The molecule has 8 N–H and O–H groups in total. The lowest BCUT2D eigenvalue weighted by Gasteiger charge is -2.32. The van der Waals surface area contributed by atoms with Crippen molar-refractivity contribution in [1.82, 2.24) is 0 Å². The van der Waals surface area contributed by atoms with Crippen molar-refractivity contribution in [3.8, 4) is 0 Å². The number of ether oxygens (including phenoxy) is 4. The Morgan fingerprint density at radius 3 is 1.11 bits per heavy atom. The molecule has 0 aromatic rings. The van der Waals surface area contributed by atoms with Crippen LogP contribution in [-0.4, -0.2) is 144 Å². The second kappa shape index (κ2) is 25.4. The molecular weight excluding hydrogens is 612 g/mol. The maximum Gasteiger partial charge on any atom is 0.333 e. The van der Waals surface area contributed by atoms with E-state index in [2.05, 4.69) is 19.7 Å². The molecule has 0 heterocycles. The zero-order valence-corrected chi connectivity index (χ0v) is 27.8. The van der Waals surface area contributed by atoms with Crippen LogP contribution in [0.2, 0.25) is 0 Å². The molecule has 1 atom stereocenters. The summed E-state index contributed by atoms with van der Waals surface area (Å²) in [5.74, 6) is -2.08. The molecule has 0 aliphatic rings. The zero-order valence-electron chi connectivity index (χ0n) is 27.8. The Bertz CT molecular complexity index is 823. The van der Waals surface area contributed by atoms with Gasteiger partial charge in [-0.05, 0) is 27.2 Å². The predicted octanol–water partition coefficient (Wildman–Crippen LogP) is -0.970. The van der Waals surface area contributed by atoms with Gasteiger partial charge in [-0.25, -0.2) is 14.4 Å². The summed E-state index contributed by atoms with van der Waals surface area (Å²) >= 11 is 0. The van der Waals surface area contributed by atoms with E-state index in [4.69, 9.17) is 54.7 Å². The highest BCUT2D eigenvalue weighted by atomic mass is 16.6. The van der Waals surface area contributed by atoms with Gasteiger partial charge in [-0.1, -0.05) is 33.6 Å². The van der Waals surface area contributed by atoms with E-state index in [1.807, 2.05) is 6.92 Å². The number of carbonyl (C=O) groups excluding carboxylic acids is 3. The van der Waals surface area contributed by atoms with Gasteiger partial charge in [-0.3, -0.25) is 0 Å². The van der Waals surface area contributed by atoms with Crippen molar-refractivity contribution >= 4 is 17.9 Å². The fourth-order valence-electron chi connectivity index (χ4n) is 2.38. The van der Waals surface area contributed by atoms with Gasteiger partial charge in [0.1, 0.15) is 25.9 Å². The first-order valence-electron chi connectivity index (χ1n) is 14.4. The maximum atomic E-state index is 11.8. The van der Waals surface area contributed by atoms with Crippen LogP contribution in [0.4, 0.5) is 0 Å². The number of carbonyl (C=O) groups is 3. The first kappa shape index (κ1) is 47.7. The van der Waals surface area contributed by atoms with Crippen LogP contribution in [0.25, 0.3) is 0 Å². The molecule has 270 valence electrons. The molecule has 46 heavy (non-hydrogen) atoms. The average molecular weight is 669 g/mol. The number of esters is 3. The first-order chi connectivity index (χ1) is 21.4. The van der Waals surface area contributed by atoms with E-state index in [9.17, 15) is 19.5 Å². The van der Waals surface area contributed by atoms with Crippen LogP contribution < -0.4 is 0 Å². The Morgan fingerprint density at radius 1 is 0.609 bits per heavy atom. The second-order valence-corrected chi connectivity index (χ2v) is 11.5. The van der Waals surface area contributed by atoms with Gasteiger partial charge in [0.05, 0.1) is 64.9 Å². The van der Waals surface area contributed by atoms with Crippen molar-refractivity contribution in [3.63, 3.8) is 0 Å². The second-order valence-electron chi connectivity index (χ2n) is 11.5. The summed E-state index contributed by atoms with van der Waals surface area (Å²) in [7, 11) is 0. The molecule has 0 rings (SSSR count). The van der Waals surface area contributed by atoms with Crippen LogP contribution in [0.3, 0.4) is 0 Å². The van der Waals surface area contributed by atoms with Crippen molar-refractivity contribution in [1.29, 1.82) is 0 Å². The zero-order chi connectivity index (χ0) is 36.6. The molecule has 0 aromatic heterocycles.